The summed E-state index contributed by atoms with van der Waals surface area (Å²) in [6, 6.07) is 126. The second kappa shape index (κ2) is 56.9. The molecule has 15 aromatic rings. The van der Waals surface area contributed by atoms with Gasteiger partial charge in [0.2, 0.25) is 0 Å². The van der Waals surface area contributed by atoms with Crippen molar-refractivity contribution in [3.05, 3.63) is 475 Å². The molecule has 119 heavy (non-hydrogen) atoms. The summed E-state index contributed by atoms with van der Waals surface area (Å²) >= 11 is 1.80. The molecule has 1 nitrogen and oxygen atoms in total. The van der Waals surface area contributed by atoms with Gasteiger partial charge in [0.1, 0.15) is 11.5 Å². The maximum Gasteiger partial charge on any atom is 0.127 e. The van der Waals surface area contributed by atoms with Crippen LogP contribution in [0.2, 0.25) is 0 Å². The molecule has 0 saturated heterocycles. The summed E-state index contributed by atoms with van der Waals surface area (Å²) in [6.45, 7) is 48.6. The van der Waals surface area contributed by atoms with Crippen LogP contribution in [0.5, 0.6) is 11.5 Å². The number of rotatable bonds is 9. The molecule has 15 rings (SSSR count). The zero-order valence-corrected chi connectivity index (χ0v) is 75.1. The van der Waals surface area contributed by atoms with E-state index in [0.29, 0.717) is 0 Å². The van der Waals surface area contributed by atoms with Gasteiger partial charge in [-0.25, -0.2) is 0 Å². The van der Waals surface area contributed by atoms with E-state index in [1.807, 2.05) is 68.4 Å². The molecule has 15 aromatic carbocycles. The van der Waals surface area contributed by atoms with Gasteiger partial charge in [-0.05, 0) is 217 Å². The lowest BCUT2D eigenvalue weighted by Gasteiger charge is -2.26. The van der Waals surface area contributed by atoms with Crippen LogP contribution in [0, 0.1) is 118 Å². The Balaban J connectivity index is 0.000000453. The van der Waals surface area contributed by atoms with E-state index in [1.165, 1.54) is 155 Å². The molecule has 0 fully saturated rings. The standard InChI is InChI=1S/C17H20.C15H16.C14H14O.C14H14S.C13H12.C12H12.3C8H10.C3H8.C2H6.3CH4/c1-13-5-9-15(10-6-13)17(3,4)16-11-7-14(2)8-12-16;1-12-3-7-14(8-4-12)11-15-9-5-13(2)6-10-15;2*1-11-3-7-13(8-4-11)15-14-9-5-12(2)6-10-14;1-11-7-9-13(10-8-11)12-5-3-2-4-6-12;1-9-3-5-12-8-10(2)4-6-11(12)7-9;2*1-7-3-5-8(2)6-4-7;1-7-4-3-5-8(2)6-7;1-3-2;1-2;;;/h5-12H,1-4H3;3-10H,11H2,1-2H3;2*3-10H,1-2H3;2-10H,1H3;3-8H,1-2H3;3*3-6H,1-2H3;3H2,1-2H3;1-2H3;3*1H4. The van der Waals surface area contributed by atoms with E-state index in [1.54, 1.807) is 11.8 Å². The molecular weight excluding hydrogens is 1450 g/mol. The molecule has 0 atom stereocenters. The molecule has 0 N–H and O–H groups in total. The largest absolute Gasteiger partial charge is 0.457 e. The number of aryl methyl sites for hydroxylation is 17. The van der Waals surface area contributed by atoms with Gasteiger partial charge in [0.05, 0.1) is 0 Å². The molecule has 0 spiro atoms. The summed E-state index contributed by atoms with van der Waals surface area (Å²) in [6.07, 6.45) is 2.28. The van der Waals surface area contributed by atoms with Crippen molar-refractivity contribution in [2.24, 2.45) is 0 Å². The van der Waals surface area contributed by atoms with E-state index >= 15 is 0 Å². The highest BCUT2D eigenvalue weighted by Gasteiger charge is 2.22. The van der Waals surface area contributed by atoms with Crippen LogP contribution in [0.4, 0.5) is 0 Å². The molecule has 0 saturated carbocycles. The van der Waals surface area contributed by atoms with Gasteiger partial charge >= 0.3 is 0 Å². The third-order valence-electron chi connectivity index (χ3n) is 18.7. The number of hydrogen-bond donors (Lipinski definition) is 0. The molecule has 0 aliphatic rings. The van der Waals surface area contributed by atoms with Gasteiger partial charge in [-0.1, -0.05) is 486 Å². The molecule has 2 heteroatoms. The third kappa shape index (κ3) is 42.1. The average molecular weight is 1600 g/mol. The first-order chi connectivity index (χ1) is 55.6. The van der Waals surface area contributed by atoms with E-state index < -0.39 is 0 Å². The predicted molar refractivity (Wildman–Crippen MR) is 534 cm³/mol. The van der Waals surface area contributed by atoms with Gasteiger partial charge in [-0.15, -0.1) is 0 Å². The Morgan fingerprint density at radius 3 is 0.714 bits per heavy atom. The van der Waals surface area contributed by atoms with Gasteiger partial charge in [0, 0.05) is 15.2 Å². The number of benzene rings is 15. The summed E-state index contributed by atoms with van der Waals surface area (Å²) < 4.78 is 5.69. The lowest BCUT2D eigenvalue weighted by molar-refractivity contribution is 0.482. The fraction of sp³-hybridized carbons (Fsp3) is 0.248. The Bertz CT molecular complexity index is 4580. The van der Waals surface area contributed by atoms with Gasteiger partial charge < -0.3 is 4.74 Å². The maximum absolute atomic E-state index is 5.69. The highest BCUT2D eigenvalue weighted by molar-refractivity contribution is 7.99. The van der Waals surface area contributed by atoms with Gasteiger partial charge in [0.25, 0.3) is 0 Å². The zero-order chi connectivity index (χ0) is 84.8. The summed E-state index contributed by atoms with van der Waals surface area (Å²) in [5, 5.41) is 2.67. The molecule has 0 aromatic heterocycles. The van der Waals surface area contributed by atoms with E-state index in [4.69, 9.17) is 4.74 Å². The lowest BCUT2D eigenvalue weighted by atomic mass is 9.78. The van der Waals surface area contributed by atoms with Crippen molar-refractivity contribution < 1.29 is 4.74 Å². The van der Waals surface area contributed by atoms with Crippen LogP contribution in [0.3, 0.4) is 0 Å². The van der Waals surface area contributed by atoms with E-state index in [9.17, 15) is 0 Å². The molecule has 0 radical (unpaired) electrons. The first-order valence-electron chi connectivity index (χ1n) is 41.2. The normalized spacial score (nSPS) is 9.71. The molecule has 0 heterocycles. The fourth-order valence-corrected chi connectivity index (χ4v) is 12.2. The molecule has 0 bridgehead atoms. The smallest absolute Gasteiger partial charge is 0.127 e. The quantitative estimate of drug-likeness (QED) is 0.142. The Labute approximate surface area is 729 Å². The zero-order valence-electron chi connectivity index (χ0n) is 74.3. The Hall–Kier alpha value is -11.3. The van der Waals surface area contributed by atoms with Crippen molar-refractivity contribution in [3.63, 3.8) is 0 Å². The van der Waals surface area contributed by atoms with Crippen LogP contribution >= 0.6 is 11.8 Å². The van der Waals surface area contributed by atoms with Gasteiger partial charge in [-0.3, -0.25) is 0 Å². The minimum atomic E-state index is 0. The average Bonchev–Trinajstić information content (AvgIpc) is 0.806. The molecule has 0 aliphatic carbocycles. The maximum atomic E-state index is 5.69. The molecular formula is C117H144OS. The Morgan fingerprint density at radius 2 is 0.445 bits per heavy atom. The van der Waals surface area contributed by atoms with Crippen LogP contribution in [0.25, 0.3) is 21.9 Å². The summed E-state index contributed by atoms with van der Waals surface area (Å²) in [7, 11) is 0. The summed E-state index contributed by atoms with van der Waals surface area (Å²) in [5.74, 6) is 1.76. The first-order valence-corrected chi connectivity index (χ1v) is 42.0. The van der Waals surface area contributed by atoms with E-state index in [0.717, 1.165) is 17.9 Å². The van der Waals surface area contributed by atoms with Crippen molar-refractivity contribution >= 4 is 22.5 Å². The van der Waals surface area contributed by atoms with Crippen LogP contribution in [0.1, 0.15) is 187 Å². The van der Waals surface area contributed by atoms with Gasteiger partial charge in [0.15, 0.2) is 0 Å². The van der Waals surface area contributed by atoms with Crippen molar-refractivity contribution in [1.82, 2.24) is 0 Å². The predicted octanol–water partition coefficient (Wildman–Crippen LogP) is 35.5. The Kier molecular flexibility index (Phi) is 49.7. The van der Waals surface area contributed by atoms with Crippen molar-refractivity contribution in [2.75, 3.05) is 0 Å². The third-order valence-corrected chi connectivity index (χ3v) is 19.7. The Morgan fingerprint density at radius 1 is 0.227 bits per heavy atom. The SMILES string of the molecule is C.C.C.CC.CCC.Cc1ccc(-c2ccccc2)cc1.Cc1ccc(C(C)(C)c2ccc(C)cc2)cc1.Cc1ccc(C)cc1.Cc1ccc(C)cc1.Cc1ccc(Cc2ccc(C)cc2)cc1.Cc1ccc(Oc2ccc(C)cc2)cc1.Cc1ccc(Sc2ccc(C)cc2)cc1.Cc1ccc2cc(C)ccc2c1.Cc1cccc(C)c1. The molecule has 0 amide bonds. The summed E-state index contributed by atoms with van der Waals surface area (Å²) in [5.41, 5.74) is 30.4. The van der Waals surface area contributed by atoms with Gasteiger partial charge in [-0.2, -0.15) is 0 Å². The number of fused-ring (bicyclic) bond motifs is 1. The minimum absolute atomic E-state index is 0. The highest BCUT2D eigenvalue weighted by atomic mass is 32.2. The van der Waals surface area contributed by atoms with E-state index in [2.05, 4.69) is 449 Å². The topological polar surface area (TPSA) is 9.23 Å². The van der Waals surface area contributed by atoms with Crippen LogP contribution in [-0.4, -0.2) is 0 Å². The second-order valence-electron chi connectivity index (χ2n) is 30.7. The summed E-state index contributed by atoms with van der Waals surface area (Å²) in [4.78, 5) is 2.59. The monoisotopic (exact) mass is 1600 g/mol. The minimum Gasteiger partial charge on any atom is -0.457 e. The lowest BCUT2D eigenvalue weighted by Crippen LogP contribution is -2.18. The molecule has 0 unspecified atom stereocenters. The second-order valence-corrected chi connectivity index (χ2v) is 31.9. The van der Waals surface area contributed by atoms with E-state index in [-0.39, 0.29) is 27.7 Å². The first kappa shape index (κ1) is 104. The van der Waals surface area contributed by atoms with Crippen LogP contribution in [0.15, 0.2) is 368 Å². The van der Waals surface area contributed by atoms with Crippen LogP contribution < -0.4 is 4.74 Å². The molecule has 624 valence electrons. The van der Waals surface area contributed by atoms with Crippen molar-refractivity contribution in [1.29, 1.82) is 0 Å². The number of hydrogen-bond acceptors (Lipinski definition) is 2. The van der Waals surface area contributed by atoms with Crippen molar-refractivity contribution in [3.8, 4) is 22.6 Å². The fourth-order valence-electron chi connectivity index (χ4n) is 11.4. The van der Waals surface area contributed by atoms with Crippen LogP contribution in [-0.2, 0) is 11.8 Å². The number of ether oxygens (including phenoxy) is 1. The molecule has 0 aliphatic heterocycles. The highest BCUT2D eigenvalue weighted by Crippen LogP contribution is 2.32. The van der Waals surface area contributed by atoms with Crippen molar-refractivity contribution in [2.45, 2.75) is 210 Å².